The van der Waals surface area contributed by atoms with Gasteiger partial charge < -0.3 is 15.5 Å². The van der Waals surface area contributed by atoms with E-state index in [2.05, 4.69) is 20.6 Å². The number of fused-ring (bicyclic) bond motifs is 1. The van der Waals surface area contributed by atoms with Crippen LogP contribution in [0.25, 0.3) is 0 Å². The van der Waals surface area contributed by atoms with Crippen LogP contribution in [0.1, 0.15) is 6.42 Å². The highest BCUT2D eigenvalue weighted by Gasteiger charge is 2.33. The second kappa shape index (κ2) is 4.58. The van der Waals surface area contributed by atoms with Crippen LogP contribution in [0.3, 0.4) is 0 Å². The van der Waals surface area contributed by atoms with E-state index in [4.69, 9.17) is 0 Å². The van der Waals surface area contributed by atoms with Crippen LogP contribution < -0.4 is 15.5 Å². The molecule has 3 rings (SSSR count). The third-order valence-corrected chi connectivity index (χ3v) is 5.35. The molecular weight excluding hydrogens is 282 g/mol. The molecule has 0 spiro atoms. The first-order chi connectivity index (χ1) is 9.46. The minimum absolute atomic E-state index is 0.115. The van der Waals surface area contributed by atoms with Crippen molar-refractivity contribution < 1.29 is 13.2 Å². The van der Waals surface area contributed by atoms with Crippen molar-refractivity contribution in [1.29, 1.82) is 0 Å². The number of amides is 1. The molecule has 1 aromatic heterocycles. The topological polar surface area (TPSA) is 104 Å². The summed E-state index contributed by atoms with van der Waals surface area (Å²) in [7, 11) is -1.18. The van der Waals surface area contributed by atoms with Gasteiger partial charge in [0, 0.05) is 13.1 Å². The number of sulfone groups is 1. The summed E-state index contributed by atoms with van der Waals surface area (Å²) in [6, 6.07) is -0.127. The highest BCUT2D eigenvalue weighted by molar-refractivity contribution is 7.91. The Hall–Kier alpha value is -1.90. The molecule has 20 heavy (non-hydrogen) atoms. The lowest BCUT2D eigenvalue weighted by molar-refractivity contribution is -0.114. The first kappa shape index (κ1) is 13.1. The first-order valence-corrected chi connectivity index (χ1v) is 8.10. The van der Waals surface area contributed by atoms with E-state index in [0.717, 1.165) is 0 Å². The van der Waals surface area contributed by atoms with Gasteiger partial charge >= 0.3 is 0 Å². The van der Waals surface area contributed by atoms with Gasteiger partial charge in [-0.25, -0.2) is 18.4 Å². The summed E-state index contributed by atoms with van der Waals surface area (Å²) in [4.78, 5) is 21.5. The van der Waals surface area contributed by atoms with Crippen LogP contribution >= 0.6 is 0 Å². The lowest BCUT2D eigenvalue weighted by Gasteiger charge is -2.28. The predicted octanol–water partition coefficient (Wildman–Crippen LogP) is -0.536. The summed E-state index contributed by atoms with van der Waals surface area (Å²) in [6.45, 7) is 0.172. The van der Waals surface area contributed by atoms with Gasteiger partial charge in [-0.05, 0) is 6.42 Å². The lowest BCUT2D eigenvalue weighted by atomic mass is 10.2. The van der Waals surface area contributed by atoms with Gasteiger partial charge in [0.05, 0.1) is 18.1 Å². The Labute approximate surface area is 116 Å². The number of rotatable bonds is 2. The van der Waals surface area contributed by atoms with E-state index >= 15 is 0 Å². The second-order valence-corrected chi connectivity index (χ2v) is 7.22. The largest absolute Gasteiger partial charge is 0.359 e. The first-order valence-electron chi connectivity index (χ1n) is 6.28. The molecule has 0 bridgehead atoms. The van der Waals surface area contributed by atoms with Crippen LogP contribution in [-0.2, 0) is 14.6 Å². The maximum Gasteiger partial charge on any atom is 0.243 e. The average Bonchev–Trinajstić information content (AvgIpc) is 2.77. The van der Waals surface area contributed by atoms with E-state index in [1.54, 1.807) is 11.9 Å². The number of hydrogen-bond acceptors (Lipinski definition) is 7. The molecule has 0 radical (unpaired) electrons. The molecule has 1 aromatic rings. The standard InChI is InChI=1S/C11H15N5O3S/c1-16(7-2-3-20(18,19)5-7)11-9-10(13-6-14-11)12-4-8(17)15-9/h6-7H,2-5H2,1H3,(H,15,17)(H,12,13,14)/t7-/m0/s1. The summed E-state index contributed by atoms with van der Waals surface area (Å²) < 4.78 is 23.2. The van der Waals surface area contributed by atoms with Gasteiger partial charge in [-0.3, -0.25) is 4.79 Å². The van der Waals surface area contributed by atoms with E-state index in [1.807, 2.05) is 0 Å². The Morgan fingerprint density at radius 2 is 2.20 bits per heavy atom. The molecule has 1 fully saturated rings. The Balaban J connectivity index is 1.93. The third kappa shape index (κ3) is 2.28. The zero-order valence-electron chi connectivity index (χ0n) is 11.0. The normalized spacial score (nSPS) is 23.6. The quantitative estimate of drug-likeness (QED) is 0.755. The Morgan fingerprint density at radius 1 is 1.40 bits per heavy atom. The second-order valence-electron chi connectivity index (χ2n) is 4.99. The van der Waals surface area contributed by atoms with Crippen molar-refractivity contribution in [1.82, 2.24) is 9.97 Å². The van der Waals surface area contributed by atoms with E-state index in [-0.39, 0.29) is 30.0 Å². The summed E-state index contributed by atoms with van der Waals surface area (Å²) in [5, 5.41) is 5.64. The van der Waals surface area contributed by atoms with E-state index in [1.165, 1.54) is 6.33 Å². The van der Waals surface area contributed by atoms with Crippen molar-refractivity contribution in [2.45, 2.75) is 12.5 Å². The van der Waals surface area contributed by atoms with Gasteiger partial charge in [0.2, 0.25) is 5.91 Å². The zero-order chi connectivity index (χ0) is 14.3. The van der Waals surface area contributed by atoms with Crippen molar-refractivity contribution in [2.75, 3.05) is 40.6 Å². The molecule has 0 aromatic carbocycles. The van der Waals surface area contributed by atoms with Crippen LogP contribution in [0.2, 0.25) is 0 Å². The van der Waals surface area contributed by atoms with Crippen LogP contribution in [0.5, 0.6) is 0 Å². The molecule has 108 valence electrons. The van der Waals surface area contributed by atoms with Crippen LogP contribution in [0.4, 0.5) is 17.3 Å². The van der Waals surface area contributed by atoms with Crippen molar-refractivity contribution >= 4 is 33.1 Å². The number of carbonyl (C=O) groups is 1. The molecule has 0 unspecified atom stereocenters. The van der Waals surface area contributed by atoms with Gasteiger partial charge in [0.15, 0.2) is 21.5 Å². The zero-order valence-corrected chi connectivity index (χ0v) is 11.8. The van der Waals surface area contributed by atoms with E-state index in [0.29, 0.717) is 23.7 Å². The van der Waals surface area contributed by atoms with E-state index in [9.17, 15) is 13.2 Å². The van der Waals surface area contributed by atoms with Crippen molar-refractivity contribution in [3.05, 3.63) is 6.33 Å². The Morgan fingerprint density at radius 3 is 2.90 bits per heavy atom. The van der Waals surface area contributed by atoms with Gasteiger partial charge in [0.25, 0.3) is 0 Å². The molecule has 0 saturated carbocycles. The summed E-state index contributed by atoms with van der Waals surface area (Å²) in [5.41, 5.74) is 0.510. The van der Waals surface area contributed by atoms with Crippen molar-refractivity contribution in [3.8, 4) is 0 Å². The molecular formula is C11H15N5O3S. The fourth-order valence-electron chi connectivity index (χ4n) is 2.49. The third-order valence-electron chi connectivity index (χ3n) is 3.60. The number of nitrogens with zero attached hydrogens (tertiary/aromatic N) is 3. The monoisotopic (exact) mass is 297 g/mol. The number of nitrogens with one attached hydrogen (secondary N) is 2. The minimum atomic E-state index is -2.97. The summed E-state index contributed by atoms with van der Waals surface area (Å²) >= 11 is 0. The van der Waals surface area contributed by atoms with Gasteiger partial charge in [-0.1, -0.05) is 0 Å². The molecule has 2 aliphatic heterocycles. The number of carbonyl (C=O) groups excluding carboxylic acids is 1. The SMILES string of the molecule is CN(c1ncnc2c1NC(=O)CN2)[C@H]1CCS(=O)(=O)C1. The minimum Gasteiger partial charge on any atom is -0.359 e. The molecule has 2 N–H and O–H groups in total. The molecule has 2 aliphatic rings. The van der Waals surface area contributed by atoms with Crippen LogP contribution in [0.15, 0.2) is 6.33 Å². The predicted molar refractivity (Wildman–Crippen MR) is 74.6 cm³/mol. The average molecular weight is 297 g/mol. The van der Waals surface area contributed by atoms with Crippen LogP contribution in [-0.4, -0.2) is 55.4 Å². The molecule has 3 heterocycles. The highest BCUT2D eigenvalue weighted by Crippen LogP contribution is 2.33. The lowest BCUT2D eigenvalue weighted by Crippen LogP contribution is -2.36. The molecule has 0 aliphatic carbocycles. The fraction of sp³-hybridized carbons (Fsp3) is 0.545. The van der Waals surface area contributed by atoms with Crippen LogP contribution in [0, 0.1) is 0 Å². The van der Waals surface area contributed by atoms with E-state index < -0.39 is 9.84 Å². The highest BCUT2D eigenvalue weighted by atomic mass is 32.2. The number of hydrogen-bond donors (Lipinski definition) is 2. The number of aromatic nitrogens is 2. The molecule has 1 saturated heterocycles. The molecule has 1 atom stereocenters. The fourth-order valence-corrected chi connectivity index (χ4v) is 4.27. The maximum atomic E-state index is 11.6. The molecule has 9 heteroatoms. The molecule has 8 nitrogen and oxygen atoms in total. The smallest absolute Gasteiger partial charge is 0.243 e. The number of anilines is 3. The maximum absolute atomic E-state index is 11.6. The van der Waals surface area contributed by atoms with Gasteiger partial charge in [0.1, 0.15) is 12.0 Å². The Bertz CT molecular complexity index is 660. The Kier molecular flexibility index (Phi) is 3.00. The molecule has 1 amide bonds. The summed E-state index contributed by atoms with van der Waals surface area (Å²) in [6.07, 6.45) is 1.97. The van der Waals surface area contributed by atoms with Gasteiger partial charge in [-0.2, -0.15) is 0 Å². The van der Waals surface area contributed by atoms with Crippen molar-refractivity contribution in [2.24, 2.45) is 0 Å². The van der Waals surface area contributed by atoms with Gasteiger partial charge in [-0.15, -0.1) is 0 Å². The van der Waals surface area contributed by atoms with Crippen molar-refractivity contribution in [3.63, 3.8) is 0 Å². The summed E-state index contributed by atoms with van der Waals surface area (Å²) in [5.74, 6) is 1.24.